The highest BCUT2D eigenvalue weighted by Crippen LogP contribution is 2.27. The predicted octanol–water partition coefficient (Wildman–Crippen LogP) is 0.193. The number of aliphatic hydroxyl groups is 1. The summed E-state index contributed by atoms with van der Waals surface area (Å²) in [6.45, 7) is 7.57. The van der Waals surface area contributed by atoms with Gasteiger partial charge in [-0.25, -0.2) is 0 Å². The summed E-state index contributed by atoms with van der Waals surface area (Å²) in [4.78, 5) is 2.44. The van der Waals surface area contributed by atoms with Crippen LogP contribution in [0.3, 0.4) is 0 Å². The van der Waals surface area contributed by atoms with E-state index in [1.807, 2.05) is 0 Å². The maximum atomic E-state index is 9.47. The summed E-state index contributed by atoms with van der Waals surface area (Å²) in [6.07, 6.45) is 2.09. The van der Waals surface area contributed by atoms with E-state index in [9.17, 15) is 5.11 Å². The molecule has 2 saturated heterocycles. The zero-order valence-electron chi connectivity index (χ0n) is 8.58. The van der Waals surface area contributed by atoms with Crippen molar-refractivity contribution in [1.29, 1.82) is 0 Å². The molecule has 2 aliphatic rings. The van der Waals surface area contributed by atoms with Crippen LogP contribution >= 0.6 is 0 Å². The van der Waals surface area contributed by atoms with Crippen molar-refractivity contribution < 1.29 is 5.11 Å². The van der Waals surface area contributed by atoms with Crippen molar-refractivity contribution in [3.8, 4) is 0 Å². The molecule has 0 aliphatic carbocycles. The maximum absolute atomic E-state index is 9.47. The number of rotatable bonds is 1. The second-order valence-corrected chi connectivity index (χ2v) is 4.89. The van der Waals surface area contributed by atoms with Crippen molar-refractivity contribution in [2.24, 2.45) is 0 Å². The topological polar surface area (TPSA) is 35.5 Å². The number of hydrogen-bond acceptors (Lipinski definition) is 3. The minimum atomic E-state index is -0.0867. The van der Waals surface area contributed by atoms with Crippen molar-refractivity contribution in [3.63, 3.8) is 0 Å². The van der Waals surface area contributed by atoms with E-state index in [4.69, 9.17) is 0 Å². The fourth-order valence-electron chi connectivity index (χ4n) is 2.70. The molecule has 0 aromatic heterocycles. The zero-order valence-corrected chi connectivity index (χ0v) is 8.58. The highest BCUT2D eigenvalue weighted by Gasteiger charge is 2.40. The van der Waals surface area contributed by atoms with E-state index in [2.05, 4.69) is 24.1 Å². The van der Waals surface area contributed by atoms with Gasteiger partial charge in [0.2, 0.25) is 0 Å². The third-order valence-corrected chi connectivity index (χ3v) is 3.47. The molecule has 0 aromatic rings. The molecule has 0 amide bonds. The van der Waals surface area contributed by atoms with Gasteiger partial charge in [0.05, 0.1) is 6.10 Å². The molecule has 2 N–H and O–H groups in total. The lowest BCUT2D eigenvalue weighted by molar-refractivity contribution is 0.137. The van der Waals surface area contributed by atoms with Gasteiger partial charge in [0.1, 0.15) is 0 Å². The van der Waals surface area contributed by atoms with Crippen LogP contribution in [-0.4, -0.2) is 47.3 Å². The lowest BCUT2D eigenvalue weighted by Crippen LogP contribution is -2.50. The lowest BCUT2D eigenvalue weighted by atomic mass is 9.96. The van der Waals surface area contributed by atoms with Crippen LogP contribution in [0.15, 0.2) is 0 Å². The van der Waals surface area contributed by atoms with Gasteiger partial charge in [-0.1, -0.05) is 0 Å². The third-order valence-electron chi connectivity index (χ3n) is 3.47. The Kier molecular flexibility index (Phi) is 2.34. The molecular formula is C10H20N2O. The Bertz CT molecular complexity index is 193. The number of hydrogen-bond donors (Lipinski definition) is 2. The smallest absolute Gasteiger partial charge is 0.0679 e. The Morgan fingerprint density at radius 2 is 2.15 bits per heavy atom. The van der Waals surface area contributed by atoms with E-state index in [0.717, 1.165) is 26.1 Å². The summed E-state index contributed by atoms with van der Waals surface area (Å²) in [5, 5.41) is 13.0. The van der Waals surface area contributed by atoms with Gasteiger partial charge < -0.3 is 10.4 Å². The molecule has 2 fully saturated rings. The Morgan fingerprint density at radius 3 is 2.62 bits per heavy atom. The van der Waals surface area contributed by atoms with Gasteiger partial charge >= 0.3 is 0 Å². The molecule has 2 atom stereocenters. The summed E-state index contributed by atoms with van der Waals surface area (Å²) in [5.74, 6) is 0. The van der Waals surface area contributed by atoms with Gasteiger partial charge in [0.15, 0.2) is 0 Å². The molecule has 0 radical (unpaired) electrons. The highest BCUT2D eigenvalue weighted by molar-refractivity contribution is 5.00. The van der Waals surface area contributed by atoms with Gasteiger partial charge in [-0.15, -0.1) is 0 Å². The molecule has 3 heteroatoms. The van der Waals surface area contributed by atoms with Gasteiger partial charge in [0, 0.05) is 24.7 Å². The molecule has 0 saturated carbocycles. The average Bonchev–Trinajstić information content (AvgIpc) is 2.56. The van der Waals surface area contributed by atoms with Crippen molar-refractivity contribution in [2.45, 2.75) is 44.4 Å². The van der Waals surface area contributed by atoms with E-state index < -0.39 is 0 Å². The van der Waals surface area contributed by atoms with Crippen LogP contribution in [-0.2, 0) is 0 Å². The second-order valence-electron chi connectivity index (χ2n) is 4.89. The summed E-state index contributed by atoms with van der Waals surface area (Å²) in [7, 11) is 0. The highest BCUT2D eigenvalue weighted by atomic mass is 16.3. The lowest BCUT2D eigenvalue weighted by Gasteiger charge is -2.34. The fourth-order valence-corrected chi connectivity index (χ4v) is 2.70. The van der Waals surface area contributed by atoms with Crippen LogP contribution in [0.25, 0.3) is 0 Å². The summed E-state index contributed by atoms with van der Waals surface area (Å²) in [6, 6.07) is 0.615. The van der Waals surface area contributed by atoms with Gasteiger partial charge in [-0.05, 0) is 33.2 Å². The first-order valence-corrected chi connectivity index (χ1v) is 5.27. The minimum Gasteiger partial charge on any atom is -0.392 e. The number of aliphatic hydroxyl groups excluding tert-OH is 1. The van der Waals surface area contributed by atoms with E-state index in [1.165, 1.54) is 6.42 Å². The Hall–Kier alpha value is -0.120. The average molecular weight is 184 g/mol. The van der Waals surface area contributed by atoms with Gasteiger partial charge in [-0.3, -0.25) is 4.90 Å². The third kappa shape index (κ3) is 1.73. The first-order valence-electron chi connectivity index (χ1n) is 5.27. The van der Waals surface area contributed by atoms with Crippen molar-refractivity contribution in [2.75, 3.05) is 19.6 Å². The Balaban J connectivity index is 2.00. The molecule has 2 rings (SSSR count). The molecule has 0 bridgehead atoms. The number of nitrogens with zero attached hydrogens (tertiary/aromatic N) is 1. The molecule has 3 nitrogen and oxygen atoms in total. The number of likely N-dealkylation sites (tertiary alicyclic amines) is 1. The Labute approximate surface area is 80.1 Å². The van der Waals surface area contributed by atoms with Crippen molar-refractivity contribution in [3.05, 3.63) is 0 Å². The minimum absolute atomic E-state index is 0.0867. The van der Waals surface area contributed by atoms with Crippen LogP contribution in [0, 0.1) is 0 Å². The molecule has 2 aliphatic heterocycles. The molecular weight excluding hydrogens is 164 g/mol. The number of nitrogens with one attached hydrogen (secondary N) is 1. The normalized spacial score (nSPS) is 39.9. The first kappa shape index (κ1) is 9.44. The van der Waals surface area contributed by atoms with Crippen molar-refractivity contribution >= 4 is 0 Å². The summed E-state index contributed by atoms with van der Waals surface area (Å²) in [5.41, 5.74) is 0.226. The monoisotopic (exact) mass is 184 g/mol. The van der Waals surface area contributed by atoms with Crippen LogP contribution < -0.4 is 5.32 Å². The molecule has 0 spiro atoms. The summed E-state index contributed by atoms with van der Waals surface area (Å²) < 4.78 is 0. The van der Waals surface area contributed by atoms with E-state index >= 15 is 0 Å². The molecule has 13 heavy (non-hydrogen) atoms. The molecule has 0 unspecified atom stereocenters. The van der Waals surface area contributed by atoms with E-state index in [-0.39, 0.29) is 11.6 Å². The van der Waals surface area contributed by atoms with Crippen LogP contribution in [0.2, 0.25) is 0 Å². The molecule has 76 valence electrons. The van der Waals surface area contributed by atoms with Gasteiger partial charge in [-0.2, -0.15) is 0 Å². The standard InChI is InChI=1S/C10H20N2O/c1-10(2)9(3-5-11-10)12-6-4-8(13)7-12/h8-9,11,13H,3-7H2,1-2H3/t8-,9+/m1/s1. The second kappa shape index (κ2) is 3.23. The zero-order chi connectivity index (χ0) is 9.47. The van der Waals surface area contributed by atoms with Crippen molar-refractivity contribution in [1.82, 2.24) is 10.2 Å². The quantitative estimate of drug-likeness (QED) is 0.611. The Morgan fingerprint density at radius 1 is 1.38 bits per heavy atom. The van der Waals surface area contributed by atoms with Crippen LogP contribution in [0.5, 0.6) is 0 Å². The van der Waals surface area contributed by atoms with E-state index in [1.54, 1.807) is 0 Å². The largest absolute Gasteiger partial charge is 0.392 e. The maximum Gasteiger partial charge on any atom is 0.0679 e. The van der Waals surface area contributed by atoms with E-state index in [0.29, 0.717) is 6.04 Å². The summed E-state index contributed by atoms with van der Waals surface area (Å²) >= 11 is 0. The first-order chi connectivity index (χ1) is 6.09. The SMILES string of the molecule is CC1(C)NCC[C@@H]1N1CC[C@@H](O)C1. The van der Waals surface area contributed by atoms with Crippen LogP contribution in [0.1, 0.15) is 26.7 Å². The van der Waals surface area contributed by atoms with Crippen LogP contribution in [0.4, 0.5) is 0 Å². The predicted molar refractivity (Wildman–Crippen MR) is 52.7 cm³/mol. The molecule has 0 aromatic carbocycles. The molecule has 2 heterocycles. The number of β-amino-alcohol motifs (C(OH)–C–C–N with tert-alkyl or cyclic N) is 1. The fraction of sp³-hybridized carbons (Fsp3) is 1.00. The van der Waals surface area contributed by atoms with Gasteiger partial charge in [0.25, 0.3) is 0 Å².